The van der Waals surface area contributed by atoms with Crippen molar-refractivity contribution in [1.29, 1.82) is 0 Å². The Kier molecular flexibility index (Phi) is 4.99. The summed E-state index contributed by atoms with van der Waals surface area (Å²) in [5.41, 5.74) is 5.45. The molecule has 5 aromatic rings. The lowest BCUT2D eigenvalue weighted by Gasteiger charge is -2.11. The molecule has 1 aromatic heterocycles. The van der Waals surface area contributed by atoms with E-state index in [9.17, 15) is 0 Å². The molecule has 0 saturated heterocycles. The summed E-state index contributed by atoms with van der Waals surface area (Å²) in [7, 11) is 0. The van der Waals surface area contributed by atoms with Crippen molar-refractivity contribution in [3.05, 3.63) is 114 Å². The fraction of sp³-hybridized carbons (Fsp3) is 0. The van der Waals surface area contributed by atoms with Crippen molar-refractivity contribution in [3.8, 4) is 39.6 Å². The average molecular weight is 452 g/mol. The summed E-state index contributed by atoms with van der Waals surface area (Å²) in [6.45, 7) is 0. The van der Waals surface area contributed by atoms with E-state index in [4.69, 9.17) is 0 Å². The van der Waals surface area contributed by atoms with E-state index in [0.29, 0.717) is 0 Å². The van der Waals surface area contributed by atoms with Crippen LogP contribution in [0, 0.1) is 0 Å². The molecule has 0 saturated carbocycles. The predicted octanol–water partition coefficient (Wildman–Crippen LogP) is 7.03. The largest absolute Gasteiger partial charge is 0.275 e. The van der Waals surface area contributed by atoms with Gasteiger partial charge < -0.3 is 0 Å². The standard InChI is InChI=1S/C26H18BrN3/c27-23-17-15-22(16-18-23)26-29-28-25(30(26)24-9-5-2-6-10-24)21-13-11-20(12-14-21)19-7-3-1-4-8-19/h1-18H. The fourth-order valence-corrected chi connectivity index (χ4v) is 3.79. The number of hydrogen-bond acceptors (Lipinski definition) is 2. The van der Waals surface area contributed by atoms with Gasteiger partial charge in [0.15, 0.2) is 11.6 Å². The highest BCUT2D eigenvalue weighted by Gasteiger charge is 2.17. The van der Waals surface area contributed by atoms with Crippen molar-refractivity contribution in [2.45, 2.75) is 0 Å². The van der Waals surface area contributed by atoms with E-state index < -0.39 is 0 Å². The molecule has 0 amide bonds. The first kappa shape index (κ1) is 18.5. The van der Waals surface area contributed by atoms with Gasteiger partial charge in [-0.2, -0.15) is 0 Å². The van der Waals surface area contributed by atoms with Crippen molar-refractivity contribution < 1.29 is 0 Å². The van der Waals surface area contributed by atoms with E-state index in [0.717, 1.165) is 32.9 Å². The molecular formula is C26H18BrN3. The zero-order valence-corrected chi connectivity index (χ0v) is 17.7. The monoisotopic (exact) mass is 451 g/mol. The van der Waals surface area contributed by atoms with Crippen molar-refractivity contribution in [1.82, 2.24) is 14.8 Å². The lowest BCUT2D eigenvalue weighted by Crippen LogP contribution is -2.00. The molecule has 144 valence electrons. The van der Waals surface area contributed by atoms with E-state index in [1.807, 2.05) is 36.4 Å². The fourth-order valence-electron chi connectivity index (χ4n) is 3.52. The van der Waals surface area contributed by atoms with Crippen LogP contribution in [0.4, 0.5) is 0 Å². The third-order valence-corrected chi connectivity index (χ3v) is 5.56. The molecule has 0 spiro atoms. The maximum absolute atomic E-state index is 4.57. The molecule has 0 aliphatic heterocycles. The van der Waals surface area contributed by atoms with Crippen molar-refractivity contribution in [3.63, 3.8) is 0 Å². The Hall–Kier alpha value is -3.50. The van der Waals surface area contributed by atoms with Crippen molar-refractivity contribution in [2.75, 3.05) is 0 Å². The van der Waals surface area contributed by atoms with Crippen LogP contribution in [-0.4, -0.2) is 14.8 Å². The van der Waals surface area contributed by atoms with Gasteiger partial charge in [-0.1, -0.05) is 101 Å². The van der Waals surface area contributed by atoms with Gasteiger partial charge in [-0.25, -0.2) is 0 Å². The molecule has 4 aromatic carbocycles. The summed E-state index contributed by atoms with van der Waals surface area (Å²) >= 11 is 3.51. The minimum Gasteiger partial charge on any atom is -0.275 e. The van der Waals surface area contributed by atoms with Crippen LogP contribution in [0.15, 0.2) is 114 Å². The molecule has 0 aliphatic rings. The van der Waals surface area contributed by atoms with Crippen LogP contribution in [0.25, 0.3) is 39.6 Å². The quantitative estimate of drug-likeness (QED) is 0.293. The first-order valence-electron chi connectivity index (χ1n) is 9.72. The van der Waals surface area contributed by atoms with Gasteiger partial charge in [0.2, 0.25) is 0 Å². The van der Waals surface area contributed by atoms with Gasteiger partial charge in [0.1, 0.15) is 0 Å². The molecule has 0 aliphatic carbocycles. The zero-order chi connectivity index (χ0) is 20.3. The lowest BCUT2D eigenvalue weighted by molar-refractivity contribution is 1.07. The highest BCUT2D eigenvalue weighted by Crippen LogP contribution is 2.30. The molecule has 0 fully saturated rings. The van der Waals surface area contributed by atoms with Crippen LogP contribution >= 0.6 is 15.9 Å². The summed E-state index contributed by atoms with van der Waals surface area (Å²) in [5, 5.41) is 9.11. The minimum atomic E-state index is 0.816. The van der Waals surface area contributed by atoms with Crippen LogP contribution in [0.2, 0.25) is 0 Å². The van der Waals surface area contributed by atoms with Crippen LogP contribution in [0.5, 0.6) is 0 Å². The highest BCUT2D eigenvalue weighted by molar-refractivity contribution is 9.10. The van der Waals surface area contributed by atoms with Crippen LogP contribution in [-0.2, 0) is 0 Å². The van der Waals surface area contributed by atoms with E-state index in [-0.39, 0.29) is 0 Å². The third-order valence-electron chi connectivity index (χ3n) is 5.03. The van der Waals surface area contributed by atoms with Gasteiger partial charge in [-0.05, 0) is 35.4 Å². The summed E-state index contributed by atoms with van der Waals surface area (Å²) in [6.07, 6.45) is 0. The highest BCUT2D eigenvalue weighted by atomic mass is 79.9. The average Bonchev–Trinajstić information content (AvgIpc) is 3.26. The van der Waals surface area contributed by atoms with E-state index in [1.165, 1.54) is 11.1 Å². The molecule has 1 heterocycles. The smallest absolute Gasteiger partial charge is 0.168 e. The van der Waals surface area contributed by atoms with Gasteiger partial charge in [0.25, 0.3) is 0 Å². The van der Waals surface area contributed by atoms with Crippen molar-refractivity contribution >= 4 is 15.9 Å². The summed E-state index contributed by atoms with van der Waals surface area (Å²) < 4.78 is 3.15. The van der Waals surface area contributed by atoms with Gasteiger partial charge in [0, 0.05) is 21.3 Å². The summed E-state index contributed by atoms with van der Waals surface area (Å²) in [6, 6.07) is 37.2. The number of para-hydroxylation sites is 1. The number of halogens is 1. The lowest BCUT2D eigenvalue weighted by atomic mass is 10.0. The molecule has 3 nitrogen and oxygen atoms in total. The van der Waals surface area contributed by atoms with Crippen molar-refractivity contribution in [2.24, 2.45) is 0 Å². The van der Waals surface area contributed by atoms with Gasteiger partial charge in [-0.3, -0.25) is 4.57 Å². The predicted molar refractivity (Wildman–Crippen MR) is 125 cm³/mol. The molecule has 0 atom stereocenters. The second-order valence-electron chi connectivity index (χ2n) is 6.97. The van der Waals surface area contributed by atoms with Gasteiger partial charge in [-0.15, -0.1) is 10.2 Å². The molecular weight excluding hydrogens is 434 g/mol. The van der Waals surface area contributed by atoms with E-state index in [2.05, 4.69) is 103 Å². The van der Waals surface area contributed by atoms with Crippen LogP contribution in [0.1, 0.15) is 0 Å². The molecule has 30 heavy (non-hydrogen) atoms. The van der Waals surface area contributed by atoms with E-state index in [1.54, 1.807) is 0 Å². The molecule has 0 unspecified atom stereocenters. The second-order valence-corrected chi connectivity index (χ2v) is 7.88. The van der Waals surface area contributed by atoms with Gasteiger partial charge >= 0.3 is 0 Å². The Labute approximate surface area is 183 Å². The normalized spacial score (nSPS) is 10.8. The van der Waals surface area contributed by atoms with Crippen LogP contribution < -0.4 is 0 Å². The first-order valence-corrected chi connectivity index (χ1v) is 10.5. The van der Waals surface area contributed by atoms with Gasteiger partial charge in [0.05, 0.1) is 0 Å². The molecule has 4 heteroatoms. The Balaban J connectivity index is 1.63. The Bertz CT molecular complexity index is 1260. The Morgan fingerprint density at radius 2 is 0.900 bits per heavy atom. The molecule has 0 bridgehead atoms. The third kappa shape index (κ3) is 3.58. The first-order chi connectivity index (χ1) is 14.8. The SMILES string of the molecule is Brc1ccc(-c2nnc(-c3ccc(-c4ccccc4)cc3)n2-c2ccccc2)cc1. The number of rotatable bonds is 4. The Morgan fingerprint density at radius 1 is 0.467 bits per heavy atom. The number of aromatic nitrogens is 3. The number of nitrogens with zero attached hydrogens (tertiary/aromatic N) is 3. The zero-order valence-electron chi connectivity index (χ0n) is 16.1. The molecule has 0 radical (unpaired) electrons. The Morgan fingerprint density at radius 3 is 1.47 bits per heavy atom. The van der Waals surface area contributed by atoms with Crippen LogP contribution in [0.3, 0.4) is 0 Å². The summed E-state index contributed by atoms with van der Waals surface area (Å²) in [4.78, 5) is 0. The maximum Gasteiger partial charge on any atom is 0.168 e. The minimum absolute atomic E-state index is 0.816. The maximum atomic E-state index is 4.57. The topological polar surface area (TPSA) is 30.7 Å². The number of benzene rings is 4. The summed E-state index contributed by atoms with van der Waals surface area (Å²) in [5.74, 6) is 1.63. The second kappa shape index (κ2) is 8.09. The van der Waals surface area contributed by atoms with E-state index >= 15 is 0 Å². The molecule has 5 rings (SSSR count). The molecule has 0 N–H and O–H groups in total. The number of hydrogen-bond donors (Lipinski definition) is 0.